The van der Waals surface area contributed by atoms with Gasteiger partial charge in [0.15, 0.2) is 0 Å². The lowest BCUT2D eigenvalue weighted by Gasteiger charge is -2.23. The van der Waals surface area contributed by atoms with E-state index >= 15 is 0 Å². The molecule has 5 aromatic rings. The molecule has 1 aliphatic heterocycles. The molecule has 0 spiro atoms. The summed E-state index contributed by atoms with van der Waals surface area (Å²) in [4.78, 5) is 27.3. The van der Waals surface area contributed by atoms with Crippen LogP contribution in [-0.2, 0) is 0 Å². The van der Waals surface area contributed by atoms with Crippen molar-refractivity contribution in [3.05, 3.63) is 119 Å². The molecule has 4 nitrogen and oxygen atoms in total. The molecule has 0 atom stereocenters. The minimum atomic E-state index is -0.316. The van der Waals surface area contributed by atoms with Gasteiger partial charge in [-0.05, 0) is 38.1 Å². The second-order valence-corrected chi connectivity index (χ2v) is 8.76. The average Bonchev–Trinajstić information content (AvgIpc) is 3.31. The number of rotatable bonds is 3. The largest absolute Gasteiger partial charge is 0.281 e. The van der Waals surface area contributed by atoms with Gasteiger partial charge in [-0.2, -0.15) is 5.01 Å². The highest BCUT2D eigenvalue weighted by atomic mass is 16.2. The lowest BCUT2D eigenvalue weighted by molar-refractivity contribution is 0.0888. The molecular weight excluding hydrogens is 420 g/mol. The number of imide groups is 1. The molecule has 0 unspecified atom stereocenters. The summed E-state index contributed by atoms with van der Waals surface area (Å²) in [5.74, 6) is -0.632. The Morgan fingerprint density at radius 3 is 1.41 bits per heavy atom. The highest BCUT2D eigenvalue weighted by molar-refractivity contribution is 6.31. The van der Waals surface area contributed by atoms with Crippen molar-refractivity contribution >= 4 is 22.6 Å². The van der Waals surface area contributed by atoms with Crippen molar-refractivity contribution in [1.29, 1.82) is 0 Å². The van der Waals surface area contributed by atoms with Gasteiger partial charge in [-0.15, -0.1) is 0 Å². The van der Waals surface area contributed by atoms with Crippen LogP contribution in [0.2, 0.25) is 0 Å². The lowest BCUT2D eigenvalue weighted by atomic mass is 10.0. The molecule has 164 valence electrons. The summed E-state index contributed by atoms with van der Waals surface area (Å²) in [5.41, 5.74) is 6.61. The fourth-order valence-corrected chi connectivity index (χ4v) is 4.93. The van der Waals surface area contributed by atoms with Crippen molar-refractivity contribution in [2.75, 3.05) is 5.01 Å². The number of benzene rings is 4. The smallest absolute Gasteiger partial charge is 0.267 e. The molecule has 0 radical (unpaired) electrons. The number of aryl methyl sites for hydroxylation is 2. The summed E-state index contributed by atoms with van der Waals surface area (Å²) in [7, 11) is 0. The first-order valence-corrected chi connectivity index (χ1v) is 11.3. The highest BCUT2D eigenvalue weighted by Gasteiger charge is 2.39. The van der Waals surface area contributed by atoms with Gasteiger partial charge in [-0.1, -0.05) is 83.9 Å². The number of nitrogens with zero attached hydrogens (tertiary/aromatic N) is 2. The zero-order valence-corrected chi connectivity index (χ0v) is 18.9. The van der Waals surface area contributed by atoms with E-state index in [9.17, 15) is 9.59 Å². The summed E-state index contributed by atoms with van der Waals surface area (Å²) < 4.78 is 1.83. The average molecular weight is 443 g/mol. The van der Waals surface area contributed by atoms with Gasteiger partial charge in [-0.25, -0.2) is 4.68 Å². The molecule has 0 fully saturated rings. The Hall–Kier alpha value is -4.44. The second-order valence-electron chi connectivity index (χ2n) is 8.76. The zero-order valence-electron chi connectivity index (χ0n) is 18.9. The molecule has 0 saturated heterocycles. The first-order chi connectivity index (χ1) is 16.5. The molecule has 34 heavy (non-hydrogen) atoms. The van der Waals surface area contributed by atoms with Gasteiger partial charge in [0.1, 0.15) is 0 Å². The van der Waals surface area contributed by atoms with Gasteiger partial charge in [0.2, 0.25) is 0 Å². The molecule has 0 bridgehead atoms. The van der Waals surface area contributed by atoms with E-state index in [-0.39, 0.29) is 11.8 Å². The maximum Gasteiger partial charge on any atom is 0.281 e. The molecule has 2 heterocycles. The van der Waals surface area contributed by atoms with Crippen LogP contribution in [0.15, 0.2) is 97.1 Å². The van der Waals surface area contributed by atoms with Gasteiger partial charge in [0, 0.05) is 21.9 Å². The minimum absolute atomic E-state index is 0.316. The van der Waals surface area contributed by atoms with Crippen LogP contribution in [0.25, 0.3) is 33.3 Å². The van der Waals surface area contributed by atoms with Gasteiger partial charge >= 0.3 is 0 Å². The van der Waals surface area contributed by atoms with Crippen LogP contribution in [0.4, 0.5) is 0 Å². The van der Waals surface area contributed by atoms with Gasteiger partial charge in [0.25, 0.3) is 11.8 Å². The van der Waals surface area contributed by atoms with E-state index < -0.39 is 0 Å². The Bertz CT molecular complexity index is 1510. The van der Waals surface area contributed by atoms with Crippen LogP contribution in [0.1, 0.15) is 31.8 Å². The number of hydrogen-bond acceptors (Lipinski definition) is 2. The Morgan fingerprint density at radius 1 is 0.529 bits per heavy atom. The van der Waals surface area contributed by atoms with E-state index in [1.165, 1.54) is 5.01 Å². The maximum absolute atomic E-state index is 13.7. The van der Waals surface area contributed by atoms with Crippen LogP contribution in [-0.4, -0.2) is 16.5 Å². The second kappa shape index (κ2) is 7.56. The molecule has 4 aromatic carbocycles. The molecule has 2 amide bonds. The number of aromatic nitrogens is 1. The predicted octanol–water partition coefficient (Wildman–Crippen LogP) is 6.52. The molecule has 0 saturated carbocycles. The molecule has 1 aliphatic rings. The summed E-state index contributed by atoms with van der Waals surface area (Å²) in [6, 6.07) is 31.5. The Balaban J connectivity index is 1.76. The number of hydrogen-bond donors (Lipinski definition) is 0. The SMILES string of the molecule is Cc1cccc(-c2c3ccccc3c(-c3cccc(C)c3)n2N2C(=O)c3ccccc3C2=O)c1. The number of carbonyl (C=O) groups is 2. The van der Waals surface area contributed by atoms with Crippen molar-refractivity contribution in [2.45, 2.75) is 13.8 Å². The van der Waals surface area contributed by atoms with E-state index in [0.29, 0.717) is 11.1 Å². The van der Waals surface area contributed by atoms with E-state index in [1.54, 1.807) is 24.3 Å². The van der Waals surface area contributed by atoms with Crippen LogP contribution in [0.3, 0.4) is 0 Å². The Labute approximate surface area is 197 Å². The van der Waals surface area contributed by atoms with Crippen molar-refractivity contribution in [3.8, 4) is 22.5 Å². The van der Waals surface area contributed by atoms with Gasteiger partial charge < -0.3 is 0 Å². The molecule has 0 N–H and O–H groups in total. The fraction of sp³-hybridized carbons (Fsp3) is 0.0667. The first-order valence-electron chi connectivity index (χ1n) is 11.3. The van der Waals surface area contributed by atoms with Crippen LogP contribution in [0.5, 0.6) is 0 Å². The van der Waals surface area contributed by atoms with E-state index in [2.05, 4.69) is 24.3 Å². The Kier molecular flexibility index (Phi) is 4.49. The third-order valence-corrected chi connectivity index (χ3v) is 6.42. The molecule has 0 aliphatic carbocycles. The molecule has 1 aromatic heterocycles. The number of fused-ring (bicyclic) bond motifs is 2. The van der Waals surface area contributed by atoms with Crippen LogP contribution >= 0.6 is 0 Å². The number of carbonyl (C=O) groups excluding carboxylic acids is 2. The molecule has 6 rings (SSSR count). The monoisotopic (exact) mass is 442 g/mol. The zero-order chi connectivity index (χ0) is 23.4. The van der Waals surface area contributed by atoms with E-state index in [1.807, 2.05) is 67.1 Å². The minimum Gasteiger partial charge on any atom is -0.267 e. The third-order valence-electron chi connectivity index (χ3n) is 6.42. The number of amides is 2. The van der Waals surface area contributed by atoms with Crippen molar-refractivity contribution in [1.82, 2.24) is 4.68 Å². The third kappa shape index (κ3) is 2.92. The van der Waals surface area contributed by atoms with Gasteiger partial charge in [0.05, 0.1) is 22.5 Å². The van der Waals surface area contributed by atoms with Crippen LogP contribution < -0.4 is 5.01 Å². The highest BCUT2D eigenvalue weighted by Crippen LogP contribution is 2.41. The van der Waals surface area contributed by atoms with Crippen molar-refractivity contribution < 1.29 is 9.59 Å². The standard InChI is InChI=1S/C30H22N2O2/c1-19-9-7-11-21(17-19)27-23-13-3-4-14-24(23)28(22-12-8-10-20(2)18-22)31(27)32-29(33)25-15-5-6-16-26(25)30(32)34/h3-18H,1-2H3. The van der Waals surface area contributed by atoms with Crippen molar-refractivity contribution in [3.63, 3.8) is 0 Å². The normalized spacial score (nSPS) is 13.1. The van der Waals surface area contributed by atoms with Crippen molar-refractivity contribution in [2.24, 2.45) is 0 Å². The summed E-state index contributed by atoms with van der Waals surface area (Å²) >= 11 is 0. The summed E-state index contributed by atoms with van der Waals surface area (Å²) in [6.45, 7) is 4.09. The summed E-state index contributed by atoms with van der Waals surface area (Å²) in [5, 5.41) is 3.28. The Morgan fingerprint density at radius 2 is 0.971 bits per heavy atom. The van der Waals surface area contributed by atoms with Gasteiger partial charge in [-0.3, -0.25) is 9.59 Å². The quantitative estimate of drug-likeness (QED) is 0.298. The van der Waals surface area contributed by atoms with Crippen LogP contribution in [0, 0.1) is 13.8 Å². The van der Waals surface area contributed by atoms with E-state index in [4.69, 9.17) is 0 Å². The maximum atomic E-state index is 13.7. The fourth-order valence-electron chi connectivity index (χ4n) is 4.93. The molecule has 4 heteroatoms. The predicted molar refractivity (Wildman–Crippen MR) is 136 cm³/mol. The molecular formula is C30H22N2O2. The topological polar surface area (TPSA) is 42.3 Å². The first kappa shape index (κ1) is 20.2. The van der Waals surface area contributed by atoms with E-state index in [0.717, 1.165) is 44.4 Å². The summed E-state index contributed by atoms with van der Waals surface area (Å²) in [6.07, 6.45) is 0. The lowest BCUT2D eigenvalue weighted by Crippen LogP contribution is -2.40.